The lowest BCUT2D eigenvalue weighted by Crippen LogP contribution is -2.52. The fourth-order valence-corrected chi connectivity index (χ4v) is 2.81. The maximum absolute atomic E-state index is 14.1. The van der Waals surface area contributed by atoms with Crippen molar-refractivity contribution in [2.75, 3.05) is 4.90 Å². The van der Waals surface area contributed by atoms with Gasteiger partial charge in [0.15, 0.2) is 5.60 Å². The van der Waals surface area contributed by atoms with E-state index in [1.807, 2.05) is 25.1 Å². The standard InChI is InChI=1S/C18H17ClFNO2/c1-11-4-7-16-15(8-11)21(17(22)18(2,3)23-16)10-12-5-6-13(19)9-14(12)20/h4-9H,10H2,1-3H3. The van der Waals surface area contributed by atoms with Crippen molar-refractivity contribution >= 4 is 23.2 Å². The average Bonchev–Trinajstić information content (AvgIpc) is 2.47. The van der Waals surface area contributed by atoms with E-state index >= 15 is 0 Å². The molecule has 1 aliphatic rings. The Kier molecular flexibility index (Phi) is 3.80. The van der Waals surface area contributed by atoms with E-state index in [9.17, 15) is 9.18 Å². The fourth-order valence-electron chi connectivity index (χ4n) is 2.65. The summed E-state index contributed by atoms with van der Waals surface area (Å²) in [5.41, 5.74) is 1.07. The van der Waals surface area contributed by atoms with Crippen LogP contribution in [-0.2, 0) is 11.3 Å². The van der Waals surface area contributed by atoms with Gasteiger partial charge in [0, 0.05) is 10.6 Å². The Morgan fingerprint density at radius 1 is 1.22 bits per heavy atom. The number of aryl methyl sites for hydroxylation is 1. The molecule has 0 N–H and O–H groups in total. The molecule has 1 aliphatic heterocycles. The number of amides is 1. The maximum Gasteiger partial charge on any atom is 0.271 e. The Morgan fingerprint density at radius 3 is 2.65 bits per heavy atom. The van der Waals surface area contributed by atoms with Crippen LogP contribution in [0.1, 0.15) is 25.0 Å². The zero-order chi connectivity index (χ0) is 16.8. The highest BCUT2D eigenvalue weighted by Crippen LogP contribution is 2.39. The molecule has 5 heteroatoms. The van der Waals surface area contributed by atoms with E-state index < -0.39 is 11.4 Å². The van der Waals surface area contributed by atoms with E-state index in [0.29, 0.717) is 22.0 Å². The van der Waals surface area contributed by atoms with Crippen LogP contribution in [-0.4, -0.2) is 11.5 Å². The van der Waals surface area contributed by atoms with Gasteiger partial charge in [0.05, 0.1) is 12.2 Å². The van der Waals surface area contributed by atoms with E-state index in [-0.39, 0.29) is 12.5 Å². The zero-order valence-electron chi connectivity index (χ0n) is 13.2. The molecule has 0 fully saturated rings. The third kappa shape index (κ3) is 2.91. The Labute approximate surface area is 139 Å². The molecule has 1 heterocycles. The molecule has 1 amide bonds. The summed E-state index contributed by atoms with van der Waals surface area (Å²) in [6.45, 7) is 5.49. The minimum Gasteiger partial charge on any atom is -0.476 e. The monoisotopic (exact) mass is 333 g/mol. The molecule has 0 saturated heterocycles. The number of nitrogens with zero attached hydrogens (tertiary/aromatic N) is 1. The minimum atomic E-state index is -0.995. The van der Waals surface area contributed by atoms with Crippen LogP contribution in [0.15, 0.2) is 36.4 Å². The first-order chi connectivity index (χ1) is 10.8. The molecule has 0 saturated carbocycles. The fraction of sp³-hybridized carbons (Fsp3) is 0.278. The number of carbonyl (C=O) groups is 1. The summed E-state index contributed by atoms with van der Waals surface area (Å²) in [4.78, 5) is 14.3. The van der Waals surface area contributed by atoms with Crippen LogP contribution in [0.2, 0.25) is 5.02 Å². The van der Waals surface area contributed by atoms with Gasteiger partial charge in [-0.15, -0.1) is 0 Å². The second kappa shape index (κ2) is 5.53. The molecule has 0 radical (unpaired) electrons. The quantitative estimate of drug-likeness (QED) is 0.810. The Hall–Kier alpha value is -2.07. The second-order valence-corrected chi connectivity index (χ2v) is 6.65. The number of benzene rings is 2. The number of hydrogen-bond acceptors (Lipinski definition) is 2. The SMILES string of the molecule is Cc1ccc2c(c1)N(Cc1ccc(Cl)cc1F)C(=O)C(C)(C)O2. The van der Waals surface area contributed by atoms with E-state index in [4.69, 9.17) is 16.3 Å². The summed E-state index contributed by atoms with van der Waals surface area (Å²) in [6, 6.07) is 10.1. The third-order valence-electron chi connectivity index (χ3n) is 3.87. The summed E-state index contributed by atoms with van der Waals surface area (Å²) >= 11 is 5.79. The van der Waals surface area contributed by atoms with Crippen molar-refractivity contribution in [3.05, 3.63) is 58.4 Å². The highest BCUT2D eigenvalue weighted by atomic mass is 35.5. The average molecular weight is 334 g/mol. The molecule has 0 atom stereocenters. The number of hydrogen-bond donors (Lipinski definition) is 0. The highest BCUT2D eigenvalue weighted by molar-refractivity contribution is 6.30. The number of halogens is 2. The van der Waals surface area contributed by atoms with Crippen LogP contribution in [0.4, 0.5) is 10.1 Å². The Bertz CT molecular complexity index is 789. The molecular formula is C18H17ClFNO2. The van der Waals surface area contributed by atoms with Gasteiger partial charge in [-0.05, 0) is 50.6 Å². The minimum absolute atomic E-state index is 0.130. The van der Waals surface area contributed by atoms with Gasteiger partial charge in [-0.25, -0.2) is 4.39 Å². The van der Waals surface area contributed by atoms with Crippen LogP contribution >= 0.6 is 11.6 Å². The first kappa shape index (κ1) is 15.8. The third-order valence-corrected chi connectivity index (χ3v) is 4.11. The van der Waals surface area contributed by atoms with Crippen molar-refractivity contribution in [3.8, 4) is 5.75 Å². The van der Waals surface area contributed by atoms with Gasteiger partial charge < -0.3 is 9.64 Å². The molecule has 2 aromatic rings. The van der Waals surface area contributed by atoms with Gasteiger partial charge in [0.1, 0.15) is 11.6 Å². The van der Waals surface area contributed by atoms with Crippen LogP contribution in [0.25, 0.3) is 0 Å². The molecule has 0 aromatic heterocycles. The number of anilines is 1. The highest BCUT2D eigenvalue weighted by Gasteiger charge is 2.41. The number of fused-ring (bicyclic) bond motifs is 1. The van der Waals surface area contributed by atoms with Crippen molar-refractivity contribution in [2.24, 2.45) is 0 Å². The lowest BCUT2D eigenvalue weighted by molar-refractivity contribution is -0.132. The van der Waals surface area contributed by atoms with Crippen LogP contribution in [0.5, 0.6) is 5.75 Å². The summed E-state index contributed by atoms with van der Waals surface area (Å²) in [6.07, 6.45) is 0. The van der Waals surface area contributed by atoms with Crippen LogP contribution in [0, 0.1) is 12.7 Å². The topological polar surface area (TPSA) is 29.5 Å². The van der Waals surface area contributed by atoms with Crippen molar-refractivity contribution < 1.29 is 13.9 Å². The van der Waals surface area contributed by atoms with Crippen molar-refractivity contribution in [2.45, 2.75) is 32.9 Å². The Morgan fingerprint density at radius 2 is 1.96 bits per heavy atom. The molecule has 0 bridgehead atoms. The maximum atomic E-state index is 14.1. The van der Waals surface area contributed by atoms with Crippen molar-refractivity contribution in [1.82, 2.24) is 0 Å². The largest absolute Gasteiger partial charge is 0.476 e. The van der Waals surface area contributed by atoms with E-state index in [2.05, 4.69) is 0 Å². The van der Waals surface area contributed by atoms with E-state index in [1.54, 1.807) is 30.9 Å². The normalized spacial score (nSPS) is 16.0. The molecule has 3 nitrogen and oxygen atoms in total. The van der Waals surface area contributed by atoms with Crippen LogP contribution in [0.3, 0.4) is 0 Å². The van der Waals surface area contributed by atoms with Gasteiger partial charge in [-0.1, -0.05) is 23.7 Å². The molecule has 2 aromatic carbocycles. The van der Waals surface area contributed by atoms with Gasteiger partial charge in [0.25, 0.3) is 5.91 Å². The summed E-state index contributed by atoms with van der Waals surface area (Å²) in [7, 11) is 0. The summed E-state index contributed by atoms with van der Waals surface area (Å²) in [5.74, 6) is -0.0108. The molecule has 23 heavy (non-hydrogen) atoms. The van der Waals surface area contributed by atoms with Gasteiger partial charge in [-0.3, -0.25) is 4.79 Å². The number of rotatable bonds is 2. The predicted octanol–water partition coefficient (Wildman–Crippen LogP) is 4.49. The summed E-state index contributed by atoms with van der Waals surface area (Å²) < 4.78 is 19.9. The molecule has 0 unspecified atom stereocenters. The lowest BCUT2D eigenvalue weighted by atomic mass is 10.0. The smallest absolute Gasteiger partial charge is 0.271 e. The first-order valence-electron chi connectivity index (χ1n) is 7.33. The predicted molar refractivity (Wildman–Crippen MR) is 88.5 cm³/mol. The molecule has 0 aliphatic carbocycles. The van der Waals surface area contributed by atoms with Gasteiger partial charge in [-0.2, -0.15) is 0 Å². The van der Waals surface area contributed by atoms with Gasteiger partial charge >= 0.3 is 0 Å². The lowest BCUT2D eigenvalue weighted by Gasteiger charge is -2.39. The molecule has 0 spiro atoms. The molecule has 3 rings (SSSR count). The van der Waals surface area contributed by atoms with Crippen molar-refractivity contribution in [3.63, 3.8) is 0 Å². The Balaban J connectivity index is 2.06. The van der Waals surface area contributed by atoms with E-state index in [0.717, 1.165) is 5.56 Å². The van der Waals surface area contributed by atoms with E-state index in [1.165, 1.54) is 6.07 Å². The van der Waals surface area contributed by atoms with Gasteiger partial charge in [0.2, 0.25) is 0 Å². The summed E-state index contributed by atoms with van der Waals surface area (Å²) in [5, 5.41) is 0.330. The second-order valence-electron chi connectivity index (χ2n) is 6.21. The number of carbonyl (C=O) groups excluding carboxylic acids is 1. The number of ether oxygens (including phenoxy) is 1. The molecular weight excluding hydrogens is 317 g/mol. The molecule has 120 valence electrons. The van der Waals surface area contributed by atoms with Crippen LogP contribution < -0.4 is 9.64 Å². The van der Waals surface area contributed by atoms with Crippen molar-refractivity contribution in [1.29, 1.82) is 0 Å². The zero-order valence-corrected chi connectivity index (χ0v) is 13.9. The first-order valence-corrected chi connectivity index (χ1v) is 7.71.